The van der Waals surface area contributed by atoms with E-state index >= 15 is 0 Å². The maximum atomic E-state index is 13.5. The van der Waals surface area contributed by atoms with Crippen molar-refractivity contribution in [3.05, 3.63) is 75.8 Å². The van der Waals surface area contributed by atoms with Crippen molar-refractivity contribution in [2.75, 3.05) is 12.4 Å². The number of anilines is 1. The van der Waals surface area contributed by atoms with Crippen LogP contribution in [0.2, 0.25) is 0 Å². The number of carbonyl (C=O) groups excluding carboxylic acids is 1. The van der Waals surface area contributed by atoms with E-state index in [0.717, 1.165) is 4.47 Å². The monoisotopic (exact) mass is 517 g/mol. The number of halogens is 1. The molecule has 0 bridgehead atoms. The number of nitrogens with one attached hydrogen (secondary N) is 1. The van der Waals surface area contributed by atoms with Crippen molar-refractivity contribution in [3.8, 4) is 11.5 Å². The lowest BCUT2D eigenvalue weighted by molar-refractivity contribution is 0.102. The highest BCUT2D eigenvalue weighted by molar-refractivity contribution is 9.10. The fourth-order valence-electron chi connectivity index (χ4n) is 3.33. The first-order chi connectivity index (χ1) is 15.1. The molecule has 0 radical (unpaired) electrons. The maximum Gasteiger partial charge on any atom is 0.255 e. The van der Waals surface area contributed by atoms with E-state index in [2.05, 4.69) is 21.2 Å². The Balaban J connectivity index is 2.14. The zero-order valence-electron chi connectivity index (χ0n) is 18.1. The van der Waals surface area contributed by atoms with E-state index in [-0.39, 0.29) is 32.9 Å². The Bertz CT molecular complexity index is 1250. The van der Waals surface area contributed by atoms with E-state index in [4.69, 9.17) is 4.74 Å². The molecule has 3 aromatic carbocycles. The first-order valence-electron chi connectivity index (χ1n) is 9.88. The Morgan fingerprint density at radius 1 is 1.06 bits per heavy atom. The topological polar surface area (TPSA) is 92.7 Å². The van der Waals surface area contributed by atoms with Crippen molar-refractivity contribution in [3.63, 3.8) is 0 Å². The van der Waals surface area contributed by atoms with Gasteiger partial charge >= 0.3 is 0 Å². The molecular formula is C24H24BrNO5S. The lowest BCUT2D eigenvalue weighted by Crippen LogP contribution is -2.15. The summed E-state index contributed by atoms with van der Waals surface area (Å²) in [7, 11) is -2.58. The average molecular weight is 518 g/mol. The second-order valence-corrected chi connectivity index (χ2v) is 10.4. The lowest BCUT2D eigenvalue weighted by atomic mass is 9.99. The highest BCUT2D eigenvalue weighted by Crippen LogP contribution is 2.41. The molecular weight excluding hydrogens is 494 g/mol. The standard InChI is InChI=1S/C24H24BrNO5S/c1-14(2)20-13-21(26-24(28)16-5-7-17(25)8-6-16)15(3)23(22(20)27)32(29,30)19-11-9-18(31-4)10-12-19/h5-14,27H,1-4H3,(H,26,28). The van der Waals surface area contributed by atoms with Gasteiger partial charge in [0.1, 0.15) is 16.4 Å². The van der Waals surface area contributed by atoms with Gasteiger partial charge in [0, 0.05) is 15.7 Å². The molecule has 3 aromatic rings. The molecule has 0 aliphatic heterocycles. The summed E-state index contributed by atoms with van der Waals surface area (Å²) in [5.41, 5.74) is 1.43. The predicted molar refractivity (Wildman–Crippen MR) is 127 cm³/mol. The molecule has 1 amide bonds. The number of amides is 1. The van der Waals surface area contributed by atoms with Gasteiger partial charge < -0.3 is 15.2 Å². The van der Waals surface area contributed by atoms with Crippen LogP contribution in [0.15, 0.2) is 68.9 Å². The zero-order chi connectivity index (χ0) is 23.6. The third-order valence-corrected chi connectivity index (χ3v) is 7.61. The smallest absolute Gasteiger partial charge is 0.255 e. The molecule has 0 unspecified atom stereocenters. The number of hydrogen-bond donors (Lipinski definition) is 2. The molecule has 0 aliphatic carbocycles. The highest BCUT2D eigenvalue weighted by Gasteiger charge is 2.29. The number of hydrogen-bond acceptors (Lipinski definition) is 5. The summed E-state index contributed by atoms with van der Waals surface area (Å²) in [5, 5.41) is 13.7. The van der Waals surface area contributed by atoms with Gasteiger partial charge in [0.15, 0.2) is 0 Å². The van der Waals surface area contributed by atoms with Gasteiger partial charge in [-0.2, -0.15) is 0 Å². The second kappa shape index (κ2) is 9.34. The molecule has 0 fully saturated rings. The maximum absolute atomic E-state index is 13.5. The van der Waals surface area contributed by atoms with Crippen LogP contribution in [0.4, 0.5) is 5.69 Å². The van der Waals surface area contributed by atoms with E-state index in [1.807, 2.05) is 13.8 Å². The van der Waals surface area contributed by atoms with Gasteiger partial charge in [-0.3, -0.25) is 4.79 Å². The van der Waals surface area contributed by atoms with Gasteiger partial charge in [-0.1, -0.05) is 29.8 Å². The Hall–Kier alpha value is -2.84. The van der Waals surface area contributed by atoms with Crippen LogP contribution in [0.1, 0.15) is 41.3 Å². The van der Waals surface area contributed by atoms with Crippen LogP contribution in [0.5, 0.6) is 11.5 Å². The number of benzene rings is 3. The van der Waals surface area contributed by atoms with Crippen molar-refractivity contribution in [1.29, 1.82) is 0 Å². The molecule has 6 nitrogen and oxygen atoms in total. The highest BCUT2D eigenvalue weighted by atomic mass is 79.9. The quantitative estimate of drug-likeness (QED) is 0.410. The van der Waals surface area contributed by atoms with Gasteiger partial charge in [0.25, 0.3) is 5.91 Å². The summed E-state index contributed by atoms with van der Waals surface area (Å²) in [4.78, 5) is 12.6. The van der Waals surface area contributed by atoms with Crippen LogP contribution < -0.4 is 10.1 Å². The summed E-state index contributed by atoms with van der Waals surface area (Å²) in [6.45, 7) is 5.25. The first-order valence-corrected chi connectivity index (χ1v) is 12.2. The zero-order valence-corrected chi connectivity index (χ0v) is 20.5. The van der Waals surface area contributed by atoms with Crippen LogP contribution >= 0.6 is 15.9 Å². The Labute approximate surface area is 196 Å². The molecule has 2 N–H and O–H groups in total. The SMILES string of the molecule is COc1ccc(S(=O)(=O)c2c(C)c(NC(=O)c3ccc(Br)cc3)cc(C(C)C)c2O)cc1. The summed E-state index contributed by atoms with van der Waals surface area (Å²) in [6, 6.07) is 14.4. The van der Waals surface area contributed by atoms with Crippen molar-refractivity contribution >= 4 is 37.4 Å². The van der Waals surface area contributed by atoms with E-state index < -0.39 is 9.84 Å². The molecule has 168 valence electrons. The molecule has 0 saturated heterocycles. The van der Waals surface area contributed by atoms with Crippen molar-refractivity contribution < 1.29 is 23.1 Å². The van der Waals surface area contributed by atoms with E-state index in [1.165, 1.54) is 19.2 Å². The fraction of sp³-hybridized carbons (Fsp3) is 0.208. The predicted octanol–water partition coefficient (Wildman–Crippen LogP) is 5.68. The Morgan fingerprint density at radius 2 is 1.66 bits per heavy atom. The molecule has 3 rings (SSSR count). The number of phenols is 1. The van der Waals surface area contributed by atoms with Crippen molar-refractivity contribution in [2.24, 2.45) is 0 Å². The molecule has 0 heterocycles. The van der Waals surface area contributed by atoms with Crippen LogP contribution in [-0.2, 0) is 9.84 Å². The molecule has 0 aromatic heterocycles. The van der Waals surface area contributed by atoms with E-state index in [0.29, 0.717) is 22.6 Å². The van der Waals surface area contributed by atoms with Gasteiger partial charge in [-0.15, -0.1) is 0 Å². The van der Waals surface area contributed by atoms with E-state index in [1.54, 1.807) is 49.4 Å². The number of methoxy groups -OCH3 is 1. The Morgan fingerprint density at radius 3 is 2.19 bits per heavy atom. The molecule has 32 heavy (non-hydrogen) atoms. The minimum Gasteiger partial charge on any atom is -0.506 e. The van der Waals surface area contributed by atoms with Crippen LogP contribution in [0, 0.1) is 6.92 Å². The van der Waals surface area contributed by atoms with Gasteiger partial charge in [-0.25, -0.2) is 8.42 Å². The van der Waals surface area contributed by atoms with Gasteiger partial charge in [-0.05, 0) is 78.6 Å². The summed E-state index contributed by atoms with van der Waals surface area (Å²) < 4.78 is 32.9. The molecule has 0 spiro atoms. The normalized spacial score (nSPS) is 11.4. The summed E-state index contributed by atoms with van der Waals surface area (Å²) in [5.74, 6) is -0.351. The minimum absolute atomic E-state index is 0.0165. The molecule has 0 aliphatic rings. The van der Waals surface area contributed by atoms with Crippen molar-refractivity contribution in [1.82, 2.24) is 0 Å². The molecule has 0 saturated carbocycles. The van der Waals surface area contributed by atoms with E-state index in [9.17, 15) is 18.3 Å². The number of ether oxygens (including phenoxy) is 1. The average Bonchev–Trinajstić information content (AvgIpc) is 2.75. The van der Waals surface area contributed by atoms with Crippen LogP contribution in [-0.4, -0.2) is 26.5 Å². The number of phenolic OH excluding ortho intramolecular Hbond substituents is 1. The van der Waals surface area contributed by atoms with Crippen LogP contribution in [0.3, 0.4) is 0 Å². The number of rotatable bonds is 6. The first kappa shape index (κ1) is 23.8. The lowest BCUT2D eigenvalue weighted by Gasteiger charge is -2.20. The van der Waals surface area contributed by atoms with Gasteiger partial charge in [0.2, 0.25) is 9.84 Å². The number of aromatic hydroxyl groups is 1. The Kier molecular flexibility index (Phi) is 6.95. The largest absolute Gasteiger partial charge is 0.506 e. The number of carbonyl (C=O) groups is 1. The number of sulfone groups is 1. The summed E-state index contributed by atoms with van der Waals surface area (Å²) in [6.07, 6.45) is 0. The molecule has 8 heteroatoms. The fourth-order valence-corrected chi connectivity index (χ4v) is 5.21. The summed E-state index contributed by atoms with van der Waals surface area (Å²) >= 11 is 3.33. The third kappa shape index (κ3) is 4.66. The van der Waals surface area contributed by atoms with Gasteiger partial charge in [0.05, 0.1) is 12.0 Å². The second-order valence-electron chi connectivity index (χ2n) is 7.61. The minimum atomic E-state index is -4.07. The van der Waals surface area contributed by atoms with Crippen LogP contribution in [0.25, 0.3) is 0 Å². The third-order valence-electron chi connectivity index (χ3n) is 5.15. The molecule has 0 atom stereocenters. The van der Waals surface area contributed by atoms with Crippen molar-refractivity contribution in [2.45, 2.75) is 36.5 Å².